The van der Waals surface area contributed by atoms with Crippen molar-refractivity contribution >= 4 is 17.7 Å². The summed E-state index contributed by atoms with van der Waals surface area (Å²) in [6.07, 6.45) is 12.6. The number of carbonyl (C=O) groups excluding carboxylic acids is 3. The maximum atomic E-state index is 13.3. The molecule has 0 saturated heterocycles. The molecule has 3 N–H and O–H groups in total. The molecule has 0 aromatic carbocycles. The normalized spacial score (nSPS) is 37.9. The van der Waals surface area contributed by atoms with Crippen LogP contribution in [0, 0.1) is 29.1 Å². The fourth-order valence-corrected chi connectivity index (χ4v) is 8.84. The molecule has 8 nitrogen and oxygen atoms in total. The van der Waals surface area contributed by atoms with E-state index < -0.39 is 69.7 Å². The van der Waals surface area contributed by atoms with Crippen LogP contribution in [-0.2, 0) is 23.9 Å². The second-order valence-electron chi connectivity index (χ2n) is 14.0. The number of Topliss-reactive ketones (excluding diaryl/α,β-unsaturated/α-hetero) is 1. The van der Waals surface area contributed by atoms with Crippen molar-refractivity contribution in [2.24, 2.45) is 29.1 Å². The van der Waals surface area contributed by atoms with Crippen LogP contribution in [0.3, 0.4) is 0 Å². The maximum absolute atomic E-state index is 13.3. The quantitative estimate of drug-likeness (QED) is 0.156. The van der Waals surface area contributed by atoms with Gasteiger partial charge in [-0.05, 0) is 24.5 Å². The van der Waals surface area contributed by atoms with Gasteiger partial charge in [0, 0.05) is 48.9 Å². The van der Waals surface area contributed by atoms with Crippen molar-refractivity contribution in [1.29, 1.82) is 0 Å². The highest BCUT2D eigenvalue weighted by Crippen LogP contribution is 2.77. The summed E-state index contributed by atoms with van der Waals surface area (Å²) in [6.45, 7) is 10.4. The molecular formula is C34H52O8. The molecule has 4 aliphatic carbocycles. The van der Waals surface area contributed by atoms with E-state index in [9.17, 15) is 29.7 Å². The van der Waals surface area contributed by atoms with Gasteiger partial charge in [-0.25, -0.2) is 0 Å². The van der Waals surface area contributed by atoms with Crippen LogP contribution >= 0.6 is 0 Å². The Morgan fingerprint density at radius 3 is 2.17 bits per heavy atom. The smallest absolute Gasteiger partial charge is 0.306 e. The number of unbranched alkanes of at least 4 members (excludes halogenated alkanes) is 8. The second-order valence-corrected chi connectivity index (χ2v) is 14.0. The van der Waals surface area contributed by atoms with Crippen molar-refractivity contribution in [3.05, 3.63) is 23.3 Å². The molecule has 2 saturated carbocycles. The number of esters is 2. The Morgan fingerprint density at radius 2 is 1.60 bits per heavy atom. The number of fused-ring (bicyclic) bond motifs is 5. The molecule has 0 aromatic rings. The van der Waals surface area contributed by atoms with Crippen molar-refractivity contribution < 1.29 is 39.2 Å². The molecule has 0 aliphatic heterocycles. The van der Waals surface area contributed by atoms with Gasteiger partial charge in [0.2, 0.25) is 0 Å². The second kappa shape index (κ2) is 12.2. The van der Waals surface area contributed by atoms with Crippen LogP contribution in [0.2, 0.25) is 0 Å². The predicted octanol–water partition coefficient (Wildman–Crippen LogP) is 4.97. The minimum Gasteiger partial charge on any atom is -0.458 e. The molecule has 0 unspecified atom stereocenters. The van der Waals surface area contributed by atoms with Gasteiger partial charge < -0.3 is 24.8 Å². The Bertz CT molecular complexity index is 1120. The van der Waals surface area contributed by atoms with E-state index in [0.717, 1.165) is 19.3 Å². The van der Waals surface area contributed by atoms with Gasteiger partial charge >= 0.3 is 11.9 Å². The molecule has 0 heterocycles. The van der Waals surface area contributed by atoms with E-state index in [0.29, 0.717) is 17.6 Å². The number of hydrogen-bond donors (Lipinski definition) is 3. The van der Waals surface area contributed by atoms with Crippen LogP contribution in [0.4, 0.5) is 0 Å². The standard InChI is InChI=1S/C34H52O8/c1-7-8-9-10-11-12-13-14-15-16-27(37)41-30-22(3)33(40)25(28-31(5,6)34(28,30)42-23(4)36)18-24(20-35)19-32(39)26(33)17-21(2)29(32)38/h17-18,22,25-26,28,30,35,39-40H,7-16,19-20H2,1-6H3/t22-,25-,26+,28-,30-,32-,33-,34-/m1/s1. The van der Waals surface area contributed by atoms with Crippen LogP contribution in [0.5, 0.6) is 0 Å². The maximum Gasteiger partial charge on any atom is 0.306 e. The largest absolute Gasteiger partial charge is 0.458 e. The number of hydrogen-bond acceptors (Lipinski definition) is 8. The number of ketones is 1. The molecular weight excluding hydrogens is 536 g/mol. The van der Waals surface area contributed by atoms with Crippen molar-refractivity contribution in [1.82, 2.24) is 0 Å². The van der Waals surface area contributed by atoms with Gasteiger partial charge in [-0.3, -0.25) is 14.4 Å². The molecule has 2 fully saturated rings. The van der Waals surface area contributed by atoms with E-state index in [1.54, 1.807) is 26.0 Å². The Balaban J connectivity index is 1.59. The van der Waals surface area contributed by atoms with Gasteiger partial charge in [-0.1, -0.05) is 91.2 Å². The van der Waals surface area contributed by atoms with Crippen molar-refractivity contribution in [2.75, 3.05) is 6.61 Å². The molecule has 8 atom stereocenters. The summed E-state index contributed by atoms with van der Waals surface area (Å²) in [5, 5.41) is 34.7. The zero-order valence-corrected chi connectivity index (χ0v) is 26.4. The molecule has 4 aliphatic rings. The number of carbonyl (C=O) groups is 3. The van der Waals surface area contributed by atoms with Crippen molar-refractivity contribution in [3.63, 3.8) is 0 Å². The SMILES string of the molecule is CCCCCCCCCCCC(=O)O[C@@H]1[C@@H](C)[C@@]2(O)[C@H](C=C(CO)C[C@]3(O)C(=O)C(C)=C[C@H]23)[C@@H]2C(C)(C)[C@]12OC(C)=O. The highest BCUT2D eigenvalue weighted by molar-refractivity contribution is 6.04. The molecule has 0 spiro atoms. The van der Waals surface area contributed by atoms with E-state index >= 15 is 0 Å². The van der Waals surface area contributed by atoms with Crippen LogP contribution in [-0.4, -0.2) is 62.6 Å². The van der Waals surface area contributed by atoms with Gasteiger partial charge in [0.05, 0.1) is 12.2 Å². The van der Waals surface area contributed by atoms with Crippen molar-refractivity contribution in [2.45, 2.75) is 135 Å². The van der Waals surface area contributed by atoms with Crippen LogP contribution in [0.1, 0.15) is 112 Å². The highest BCUT2D eigenvalue weighted by atomic mass is 16.6. The minimum atomic E-state index is -1.93. The fourth-order valence-electron chi connectivity index (χ4n) is 8.84. The van der Waals surface area contributed by atoms with Gasteiger partial charge in [0.1, 0.15) is 11.7 Å². The fraction of sp³-hybridized carbons (Fsp3) is 0.794. The first-order valence-electron chi connectivity index (χ1n) is 16.1. The first-order valence-corrected chi connectivity index (χ1v) is 16.1. The lowest BCUT2D eigenvalue weighted by atomic mass is 9.59. The monoisotopic (exact) mass is 588 g/mol. The van der Waals surface area contributed by atoms with Crippen LogP contribution in [0.15, 0.2) is 23.3 Å². The Labute approximate surface area is 250 Å². The average Bonchev–Trinajstić information content (AvgIpc) is 3.35. The zero-order valence-electron chi connectivity index (χ0n) is 26.4. The lowest BCUT2D eigenvalue weighted by Gasteiger charge is -2.53. The third-order valence-electron chi connectivity index (χ3n) is 11.0. The molecule has 0 bridgehead atoms. The van der Waals surface area contributed by atoms with Gasteiger partial charge in [0.25, 0.3) is 0 Å². The molecule has 0 amide bonds. The van der Waals surface area contributed by atoms with E-state index in [2.05, 4.69) is 6.92 Å². The molecule has 0 radical (unpaired) electrons. The van der Waals surface area contributed by atoms with Gasteiger partial charge in [-0.2, -0.15) is 0 Å². The topological polar surface area (TPSA) is 130 Å². The zero-order chi connectivity index (χ0) is 31.1. The third-order valence-corrected chi connectivity index (χ3v) is 11.0. The van der Waals surface area contributed by atoms with E-state index in [4.69, 9.17) is 9.47 Å². The average molecular weight is 589 g/mol. The number of rotatable bonds is 13. The van der Waals surface area contributed by atoms with E-state index in [-0.39, 0.29) is 19.4 Å². The molecule has 0 aromatic heterocycles. The lowest BCUT2D eigenvalue weighted by Crippen LogP contribution is -2.66. The summed E-state index contributed by atoms with van der Waals surface area (Å²) < 4.78 is 12.2. The summed E-state index contributed by atoms with van der Waals surface area (Å²) >= 11 is 0. The first kappa shape index (κ1) is 32.9. The molecule has 42 heavy (non-hydrogen) atoms. The van der Waals surface area contributed by atoms with E-state index in [1.165, 1.54) is 39.0 Å². The Kier molecular flexibility index (Phi) is 9.52. The predicted molar refractivity (Wildman–Crippen MR) is 158 cm³/mol. The number of ether oxygens (including phenoxy) is 2. The van der Waals surface area contributed by atoms with Crippen LogP contribution < -0.4 is 0 Å². The number of aliphatic hydroxyl groups excluding tert-OH is 1. The van der Waals surface area contributed by atoms with Gasteiger partial charge in [0.15, 0.2) is 11.4 Å². The summed E-state index contributed by atoms with van der Waals surface area (Å²) in [5.41, 5.74) is -4.71. The van der Waals surface area contributed by atoms with Crippen molar-refractivity contribution in [3.8, 4) is 0 Å². The summed E-state index contributed by atoms with van der Waals surface area (Å²) in [4.78, 5) is 39.0. The third kappa shape index (κ3) is 5.19. The number of aliphatic hydroxyl groups is 3. The minimum absolute atomic E-state index is 0.108. The molecule has 8 heteroatoms. The van der Waals surface area contributed by atoms with E-state index in [1.807, 2.05) is 13.8 Å². The lowest BCUT2D eigenvalue weighted by molar-refractivity contribution is -0.228. The van der Waals surface area contributed by atoms with Crippen LogP contribution in [0.25, 0.3) is 0 Å². The first-order chi connectivity index (χ1) is 19.7. The molecule has 4 rings (SSSR count). The van der Waals surface area contributed by atoms with Gasteiger partial charge in [-0.15, -0.1) is 0 Å². The highest BCUT2D eigenvalue weighted by Gasteiger charge is 2.87. The molecule has 236 valence electrons. The Hall–Kier alpha value is -2.03. The summed E-state index contributed by atoms with van der Waals surface area (Å²) in [5.74, 6) is -4.30. The Morgan fingerprint density at radius 1 is 1.00 bits per heavy atom. The summed E-state index contributed by atoms with van der Waals surface area (Å²) in [7, 11) is 0. The summed E-state index contributed by atoms with van der Waals surface area (Å²) in [6, 6.07) is 0.